The lowest BCUT2D eigenvalue weighted by atomic mass is 10.4. The van der Waals surface area contributed by atoms with Gasteiger partial charge in [0.15, 0.2) is 5.03 Å². The molecule has 0 amide bonds. The number of nitrogens with one attached hydrogen (secondary N) is 4. The summed E-state index contributed by atoms with van der Waals surface area (Å²) in [5.41, 5.74) is 2.51. The van der Waals surface area contributed by atoms with E-state index < -0.39 is 5.03 Å². The second kappa shape index (κ2) is 7.06. The Kier molecular flexibility index (Phi) is 5.31. The summed E-state index contributed by atoms with van der Waals surface area (Å²) >= 11 is 0. The van der Waals surface area contributed by atoms with Gasteiger partial charge in [0.05, 0.1) is 5.69 Å². The number of guanidine groups is 1. The number of hydrogen-bond donors (Lipinski definition) is 4. The molecule has 0 saturated carbocycles. The van der Waals surface area contributed by atoms with Crippen LogP contribution in [0.5, 0.6) is 0 Å². The van der Waals surface area contributed by atoms with Gasteiger partial charge in [0.25, 0.3) is 5.96 Å². The van der Waals surface area contributed by atoms with E-state index in [1.807, 2.05) is 0 Å². The maximum absolute atomic E-state index is 9.97. The molecule has 0 unspecified atom stereocenters. The number of hydrogen-bond acceptors (Lipinski definition) is 6. The molecule has 0 aliphatic carbocycles. The van der Waals surface area contributed by atoms with E-state index >= 15 is 0 Å². The molecule has 1 aromatic rings. The van der Waals surface area contributed by atoms with Crippen molar-refractivity contribution in [1.82, 2.24) is 26.0 Å². The highest BCUT2D eigenvalue weighted by molar-refractivity contribution is 5.74. The summed E-state index contributed by atoms with van der Waals surface area (Å²) in [4.78, 5) is 17.9. The van der Waals surface area contributed by atoms with Crippen molar-refractivity contribution in [2.24, 2.45) is 0 Å². The fourth-order valence-corrected chi connectivity index (χ4v) is 1.04. The lowest BCUT2D eigenvalue weighted by Gasteiger charge is -2.06. The summed E-state index contributed by atoms with van der Waals surface area (Å²) in [6.07, 6.45) is 4.85. The van der Waals surface area contributed by atoms with Gasteiger partial charge in [-0.25, -0.2) is 10.1 Å². The zero-order chi connectivity index (χ0) is 12.5. The Bertz CT molecular complexity index is 369. The Morgan fingerprint density at radius 1 is 1.47 bits per heavy atom. The van der Waals surface area contributed by atoms with Crippen LogP contribution in [0.2, 0.25) is 0 Å². The summed E-state index contributed by atoms with van der Waals surface area (Å²) in [7, 11) is 0. The van der Waals surface area contributed by atoms with Crippen molar-refractivity contribution in [3.63, 3.8) is 0 Å². The van der Waals surface area contributed by atoms with Crippen LogP contribution in [0.3, 0.4) is 0 Å². The Hall–Kier alpha value is -2.29. The smallest absolute Gasteiger partial charge is 0.251 e. The Morgan fingerprint density at radius 2 is 2.29 bits per heavy atom. The Labute approximate surface area is 97.3 Å². The molecule has 0 aliphatic rings. The van der Waals surface area contributed by atoms with Gasteiger partial charge in [0.1, 0.15) is 0 Å². The van der Waals surface area contributed by atoms with Crippen LogP contribution in [0.1, 0.15) is 5.69 Å². The van der Waals surface area contributed by atoms with E-state index in [0.717, 1.165) is 5.69 Å². The standard InChI is InChI=1S/C8H13N7O2/c9-8(14-15(16)17)13-4-2-11-6-7-5-10-1-3-12-7/h1,3,5,11H,2,4,6H2,(H3,9,13,14). The van der Waals surface area contributed by atoms with Gasteiger partial charge in [-0.05, 0) is 0 Å². The number of rotatable bonds is 6. The zero-order valence-electron chi connectivity index (χ0n) is 9.01. The maximum Gasteiger partial charge on any atom is 0.251 e. The minimum atomic E-state index is -0.789. The highest BCUT2D eigenvalue weighted by atomic mass is 16.7. The number of aromatic nitrogens is 2. The van der Waals surface area contributed by atoms with Crippen LogP contribution in [-0.2, 0) is 6.54 Å². The van der Waals surface area contributed by atoms with E-state index in [4.69, 9.17) is 5.41 Å². The lowest BCUT2D eigenvalue weighted by Crippen LogP contribution is -2.42. The molecule has 0 bridgehead atoms. The summed E-state index contributed by atoms with van der Waals surface area (Å²) in [6.45, 7) is 1.52. The molecule has 1 heterocycles. The highest BCUT2D eigenvalue weighted by Crippen LogP contribution is 1.87. The highest BCUT2D eigenvalue weighted by Gasteiger charge is 2.00. The molecular formula is C8H13N7O2. The van der Waals surface area contributed by atoms with Crippen LogP contribution in [0.25, 0.3) is 0 Å². The molecule has 9 nitrogen and oxygen atoms in total. The minimum absolute atomic E-state index is 0.337. The molecule has 4 N–H and O–H groups in total. The Morgan fingerprint density at radius 3 is 2.94 bits per heavy atom. The molecule has 0 aromatic carbocycles. The first kappa shape index (κ1) is 12.8. The third-order valence-electron chi connectivity index (χ3n) is 1.73. The predicted molar refractivity (Wildman–Crippen MR) is 59.6 cm³/mol. The van der Waals surface area contributed by atoms with Gasteiger partial charge in [0.2, 0.25) is 0 Å². The zero-order valence-corrected chi connectivity index (χ0v) is 9.01. The molecule has 0 radical (unpaired) electrons. The van der Waals surface area contributed by atoms with Crippen LogP contribution >= 0.6 is 0 Å². The first-order chi connectivity index (χ1) is 8.18. The van der Waals surface area contributed by atoms with Gasteiger partial charge in [-0.3, -0.25) is 15.4 Å². The molecule has 92 valence electrons. The summed E-state index contributed by atoms with van der Waals surface area (Å²) in [5.74, 6) is -0.337. The molecule has 0 atom stereocenters. The summed E-state index contributed by atoms with van der Waals surface area (Å²) in [5, 5.41) is 21.9. The van der Waals surface area contributed by atoms with Crippen molar-refractivity contribution in [3.8, 4) is 0 Å². The number of nitrogens with zero attached hydrogens (tertiary/aromatic N) is 3. The number of hydrazine groups is 1. The topological polar surface area (TPSA) is 129 Å². The van der Waals surface area contributed by atoms with E-state index in [2.05, 4.69) is 20.6 Å². The van der Waals surface area contributed by atoms with Gasteiger partial charge >= 0.3 is 0 Å². The Balaban J connectivity index is 2.05. The molecular weight excluding hydrogens is 226 g/mol. The van der Waals surface area contributed by atoms with E-state index in [-0.39, 0.29) is 5.96 Å². The SMILES string of the molecule is N=C(NCCNCc1cnccn1)N[N+](=O)[O-]. The van der Waals surface area contributed by atoms with Crippen molar-refractivity contribution in [2.45, 2.75) is 6.54 Å². The lowest BCUT2D eigenvalue weighted by molar-refractivity contribution is -0.525. The first-order valence-corrected chi connectivity index (χ1v) is 4.87. The quantitative estimate of drug-likeness (QED) is 0.162. The molecule has 17 heavy (non-hydrogen) atoms. The van der Waals surface area contributed by atoms with Crippen LogP contribution < -0.4 is 16.1 Å². The third-order valence-corrected chi connectivity index (χ3v) is 1.73. The van der Waals surface area contributed by atoms with Crippen molar-refractivity contribution in [2.75, 3.05) is 13.1 Å². The van der Waals surface area contributed by atoms with Crippen molar-refractivity contribution >= 4 is 5.96 Å². The first-order valence-electron chi connectivity index (χ1n) is 4.87. The van der Waals surface area contributed by atoms with E-state index in [9.17, 15) is 10.1 Å². The van der Waals surface area contributed by atoms with E-state index in [1.165, 1.54) is 0 Å². The summed E-state index contributed by atoms with van der Waals surface area (Å²) in [6, 6.07) is 0. The van der Waals surface area contributed by atoms with Crippen LogP contribution in [-0.4, -0.2) is 34.0 Å². The fraction of sp³-hybridized carbons (Fsp3) is 0.375. The van der Waals surface area contributed by atoms with Crippen LogP contribution in [0, 0.1) is 15.5 Å². The minimum Gasteiger partial charge on any atom is -0.351 e. The van der Waals surface area contributed by atoms with Crippen molar-refractivity contribution in [3.05, 3.63) is 34.4 Å². The molecule has 0 aliphatic heterocycles. The van der Waals surface area contributed by atoms with E-state index in [0.29, 0.717) is 19.6 Å². The van der Waals surface area contributed by atoms with Crippen molar-refractivity contribution in [1.29, 1.82) is 5.41 Å². The third kappa shape index (κ3) is 5.99. The average molecular weight is 239 g/mol. The molecule has 1 aromatic heterocycles. The van der Waals surface area contributed by atoms with Gasteiger partial charge < -0.3 is 10.6 Å². The second-order valence-corrected chi connectivity index (χ2v) is 3.04. The molecule has 1 rings (SSSR count). The maximum atomic E-state index is 9.97. The molecule has 0 fully saturated rings. The normalized spacial score (nSPS) is 9.65. The van der Waals surface area contributed by atoms with Gasteiger partial charge in [-0.2, -0.15) is 0 Å². The van der Waals surface area contributed by atoms with Crippen molar-refractivity contribution < 1.29 is 5.03 Å². The van der Waals surface area contributed by atoms with Crippen LogP contribution in [0.4, 0.5) is 0 Å². The summed E-state index contributed by atoms with van der Waals surface area (Å²) < 4.78 is 0. The van der Waals surface area contributed by atoms with Gasteiger partial charge in [-0.15, -0.1) is 0 Å². The fourth-order valence-electron chi connectivity index (χ4n) is 1.04. The second-order valence-electron chi connectivity index (χ2n) is 3.04. The molecule has 0 spiro atoms. The van der Waals surface area contributed by atoms with Gasteiger partial charge in [-0.1, -0.05) is 5.43 Å². The van der Waals surface area contributed by atoms with Gasteiger partial charge in [0, 0.05) is 38.2 Å². The average Bonchev–Trinajstić information content (AvgIpc) is 2.29. The number of nitro groups is 1. The molecule has 9 heteroatoms. The monoisotopic (exact) mass is 239 g/mol. The predicted octanol–water partition coefficient (Wildman–Crippen LogP) is -1.13. The van der Waals surface area contributed by atoms with Crippen LogP contribution in [0.15, 0.2) is 18.6 Å². The molecule has 0 saturated heterocycles. The van der Waals surface area contributed by atoms with E-state index in [1.54, 1.807) is 24.0 Å². The largest absolute Gasteiger partial charge is 0.351 e.